The van der Waals surface area contributed by atoms with Crippen LogP contribution in [0.1, 0.15) is 29.8 Å². The van der Waals surface area contributed by atoms with Gasteiger partial charge in [0.15, 0.2) is 0 Å². The van der Waals surface area contributed by atoms with Gasteiger partial charge >= 0.3 is 0 Å². The van der Waals surface area contributed by atoms with Crippen LogP contribution in [-0.2, 0) is 16.4 Å². The van der Waals surface area contributed by atoms with E-state index >= 15 is 0 Å². The number of nitrogens with zero attached hydrogens (tertiary/aromatic N) is 1. The summed E-state index contributed by atoms with van der Waals surface area (Å²) in [7, 11) is -3.07. The number of rotatable bonds is 2. The predicted molar refractivity (Wildman–Crippen MR) is 62.6 cm³/mol. The molecule has 2 rings (SSSR count). The molecular weight excluding hydrogens is 230 g/mol. The lowest BCUT2D eigenvalue weighted by Crippen LogP contribution is -2.38. The fourth-order valence-corrected chi connectivity index (χ4v) is 4.27. The molecule has 3 nitrogen and oxygen atoms in total. The minimum absolute atomic E-state index is 0.0509. The minimum atomic E-state index is -3.07. The molecule has 1 aromatic heterocycles. The Labute approximate surface area is 94.8 Å². The number of sulfonamides is 1. The molecule has 1 aliphatic heterocycles. The Bertz CT molecular complexity index is 450. The highest BCUT2D eigenvalue weighted by Crippen LogP contribution is 2.36. The maximum atomic E-state index is 11.6. The zero-order valence-corrected chi connectivity index (χ0v) is 10.6. The van der Waals surface area contributed by atoms with Gasteiger partial charge in [-0.05, 0) is 29.9 Å². The van der Waals surface area contributed by atoms with Crippen molar-refractivity contribution in [1.82, 2.24) is 4.31 Å². The first kappa shape index (κ1) is 11.1. The molecule has 1 unspecified atom stereocenters. The smallest absolute Gasteiger partial charge is 0.211 e. The van der Waals surface area contributed by atoms with Gasteiger partial charge in [0.1, 0.15) is 0 Å². The van der Waals surface area contributed by atoms with E-state index in [4.69, 9.17) is 0 Å². The van der Waals surface area contributed by atoms with Crippen LogP contribution in [0.25, 0.3) is 0 Å². The van der Waals surface area contributed by atoms with Crippen LogP contribution < -0.4 is 0 Å². The van der Waals surface area contributed by atoms with E-state index in [2.05, 4.69) is 11.4 Å². The predicted octanol–water partition coefficient (Wildman–Crippen LogP) is 2.02. The lowest BCUT2D eigenvalue weighted by atomic mass is 10.0. The maximum Gasteiger partial charge on any atom is 0.211 e. The Morgan fingerprint density at radius 1 is 1.60 bits per heavy atom. The molecule has 0 aromatic carbocycles. The van der Waals surface area contributed by atoms with Gasteiger partial charge in [0, 0.05) is 11.4 Å². The molecule has 1 aromatic rings. The Balaban J connectivity index is 2.41. The van der Waals surface area contributed by atoms with Gasteiger partial charge in [0.05, 0.1) is 12.3 Å². The van der Waals surface area contributed by atoms with Crippen molar-refractivity contribution in [1.29, 1.82) is 0 Å². The molecular formula is C10H15NO2S2. The Morgan fingerprint density at radius 3 is 2.93 bits per heavy atom. The molecule has 0 saturated carbocycles. The first-order valence-electron chi connectivity index (χ1n) is 5.07. The van der Waals surface area contributed by atoms with E-state index in [-0.39, 0.29) is 6.04 Å². The molecule has 0 spiro atoms. The van der Waals surface area contributed by atoms with Gasteiger partial charge < -0.3 is 0 Å². The van der Waals surface area contributed by atoms with Gasteiger partial charge in [0.25, 0.3) is 0 Å². The van der Waals surface area contributed by atoms with E-state index < -0.39 is 10.0 Å². The van der Waals surface area contributed by atoms with Crippen molar-refractivity contribution in [2.45, 2.75) is 25.8 Å². The molecule has 5 heteroatoms. The van der Waals surface area contributed by atoms with Gasteiger partial charge in [-0.2, -0.15) is 4.31 Å². The first-order valence-corrected chi connectivity index (χ1v) is 7.80. The third kappa shape index (κ3) is 1.96. The second-order valence-electron chi connectivity index (χ2n) is 3.85. The third-order valence-corrected chi connectivity index (χ3v) is 5.14. The van der Waals surface area contributed by atoms with Crippen LogP contribution in [0.5, 0.6) is 0 Å². The number of hydrogen-bond donors (Lipinski definition) is 0. The van der Waals surface area contributed by atoms with Gasteiger partial charge in [-0.15, -0.1) is 11.3 Å². The van der Waals surface area contributed by atoms with E-state index in [1.165, 1.54) is 16.7 Å². The summed E-state index contributed by atoms with van der Waals surface area (Å²) < 4.78 is 24.9. The van der Waals surface area contributed by atoms with E-state index in [1.807, 2.05) is 6.92 Å². The van der Waals surface area contributed by atoms with Crippen LogP contribution in [0, 0.1) is 0 Å². The van der Waals surface area contributed by atoms with Gasteiger partial charge in [-0.25, -0.2) is 8.42 Å². The monoisotopic (exact) mass is 245 g/mol. The topological polar surface area (TPSA) is 37.4 Å². The fourth-order valence-electron chi connectivity index (χ4n) is 2.19. The highest BCUT2D eigenvalue weighted by atomic mass is 32.2. The highest BCUT2D eigenvalue weighted by Gasteiger charge is 2.32. The average Bonchev–Trinajstić information content (AvgIpc) is 2.61. The summed E-state index contributed by atoms with van der Waals surface area (Å²) in [5.74, 6) is 0. The van der Waals surface area contributed by atoms with Crippen molar-refractivity contribution < 1.29 is 8.42 Å². The van der Waals surface area contributed by atoms with Gasteiger partial charge in [0.2, 0.25) is 10.0 Å². The molecule has 15 heavy (non-hydrogen) atoms. The van der Waals surface area contributed by atoms with Crippen LogP contribution >= 0.6 is 11.3 Å². The van der Waals surface area contributed by atoms with Crippen molar-refractivity contribution in [3.63, 3.8) is 0 Å². The number of thiophene rings is 1. The minimum Gasteiger partial charge on any atom is -0.212 e. The number of fused-ring (bicyclic) bond motifs is 1. The van der Waals surface area contributed by atoms with Gasteiger partial charge in [-0.3, -0.25) is 0 Å². The largest absolute Gasteiger partial charge is 0.212 e. The van der Waals surface area contributed by atoms with Crippen molar-refractivity contribution in [2.75, 3.05) is 12.8 Å². The molecule has 1 atom stereocenters. The molecule has 84 valence electrons. The van der Waals surface area contributed by atoms with E-state index in [0.717, 1.165) is 12.8 Å². The average molecular weight is 245 g/mol. The molecule has 0 N–H and O–H groups in total. The summed E-state index contributed by atoms with van der Waals surface area (Å²) in [5.41, 5.74) is 1.21. The van der Waals surface area contributed by atoms with Crippen LogP contribution in [0.4, 0.5) is 0 Å². The van der Waals surface area contributed by atoms with E-state index in [0.29, 0.717) is 6.54 Å². The SMILES string of the molecule is CCC1c2ccsc2CCN1S(C)(=O)=O. The van der Waals surface area contributed by atoms with Crippen LogP contribution in [0.15, 0.2) is 11.4 Å². The third-order valence-electron chi connectivity index (χ3n) is 2.86. The summed E-state index contributed by atoms with van der Waals surface area (Å²) in [6, 6.07) is 2.11. The highest BCUT2D eigenvalue weighted by molar-refractivity contribution is 7.88. The fraction of sp³-hybridized carbons (Fsp3) is 0.600. The van der Waals surface area contributed by atoms with Crippen LogP contribution in [0.3, 0.4) is 0 Å². The Hall–Kier alpha value is -0.390. The van der Waals surface area contributed by atoms with Crippen LogP contribution in [-0.4, -0.2) is 25.5 Å². The molecule has 0 amide bonds. The summed E-state index contributed by atoms with van der Waals surface area (Å²) >= 11 is 1.74. The molecule has 0 fully saturated rings. The molecule has 0 radical (unpaired) electrons. The van der Waals surface area contributed by atoms with Gasteiger partial charge in [-0.1, -0.05) is 6.92 Å². The second-order valence-corrected chi connectivity index (χ2v) is 6.78. The molecule has 0 aliphatic carbocycles. The Morgan fingerprint density at radius 2 is 2.33 bits per heavy atom. The summed E-state index contributed by atoms with van der Waals surface area (Å²) in [6.07, 6.45) is 3.00. The zero-order chi connectivity index (χ0) is 11.1. The zero-order valence-electron chi connectivity index (χ0n) is 8.93. The molecule has 0 bridgehead atoms. The van der Waals surface area contributed by atoms with E-state index in [1.54, 1.807) is 15.6 Å². The molecule has 0 saturated heterocycles. The summed E-state index contributed by atoms with van der Waals surface area (Å²) in [4.78, 5) is 1.35. The lowest BCUT2D eigenvalue weighted by Gasteiger charge is -2.33. The quantitative estimate of drug-likeness (QED) is 0.799. The standard InChI is InChI=1S/C10H15NO2S2/c1-3-9-8-5-7-14-10(8)4-6-11(9)15(2,12)13/h5,7,9H,3-4,6H2,1-2H3. The van der Waals surface area contributed by atoms with Crippen molar-refractivity contribution >= 4 is 21.4 Å². The van der Waals surface area contributed by atoms with E-state index in [9.17, 15) is 8.42 Å². The summed E-state index contributed by atoms with van der Waals surface area (Å²) in [6.45, 7) is 2.67. The Kier molecular flexibility index (Phi) is 2.87. The molecule has 2 heterocycles. The van der Waals surface area contributed by atoms with Crippen LogP contribution in [0.2, 0.25) is 0 Å². The maximum absolute atomic E-state index is 11.6. The summed E-state index contributed by atoms with van der Waals surface area (Å²) in [5, 5.41) is 2.05. The first-order chi connectivity index (χ1) is 7.04. The molecule has 1 aliphatic rings. The second kappa shape index (κ2) is 3.88. The van der Waals surface area contributed by atoms with Crippen molar-refractivity contribution in [3.05, 3.63) is 21.9 Å². The van der Waals surface area contributed by atoms with Crippen molar-refractivity contribution in [2.24, 2.45) is 0 Å². The number of hydrogen-bond acceptors (Lipinski definition) is 3. The lowest BCUT2D eigenvalue weighted by molar-refractivity contribution is 0.305. The van der Waals surface area contributed by atoms with Crippen molar-refractivity contribution in [3.8, 4) is 0 Å². The normalized spacial score (nSPS) is 22.7.